The van der Waals surface area contributed by atoms with Gasteiger partial charge in [0, 0.05) is 13.3 Å². The summed E-state index contributed by atoms with van der Waals surface area (Å²) in [5.74, 6) is -0.538. The molecule has 0 aliphatic heterocycles. The first kappa shape index (κ1) is 20.6. The summed E-state index contributed by atoms with van der Waals surface area (Å²) in [6.07, 6.45) is 5.49. The molecule has 1 saturated carbocycles. The minimum absolute atomic E-state index is 0.0461. The lowest BCUT2D eigenvalue weighted by Gasteiger charge is -2.30. The Balaban J connectivity index is 2.10. The molecule has 2 atom stereocenters. The summed E-state index contributed by atoms with van der Waals surface area (Å²) in [5, 5.41) is 14.4. The van der Waals surface area contributed by atoms with Crippen LogP contribution in [0.3, 0.4) is 0 Å². The van der Waals surface area contributed by atoms with Crippen LogP contribution in [0.1, 0.15) is 57.1 Å². The first-order chi connectivity index (χ1) is 12.9. The van der Waals surface area contributed by atoms with Gasteiger partial charge in [0.05, 0.1) is 17.7 Å². The third-order valence-corrected chi connectivity index (χ3v) is 5.07. The van der Waals surface area contributed by atoms with Crippen LogP contribution in [0.4, 0.5) is 0 Å². The number of nitrogens with zero attached hydrogens (tertiary/aromatic N) is 1. The fourth-order valence-corrected chi connectivity index (χ4v) is 3.68. The lowest BCUT2D eigenvalue weighted by Crippen LogP contribution is -2.54. The van der Waals surface area contributed by atoms with Gasteiger partial charge >= 0.3 is 0 Å². The maximum atomic E-state index is 12.8. The van der Waals surface area contributed by atoms with Crippen molar-refractivity contribution in [3.63, 3.8) is 0 Å². The number of hydrogen-bond donors (Lipinski definition) is 2. The molecule has 1 aromatic rings. The van der Waals surface area contributed by atoms with E-state index in [0.29, 0.717) is 12.0 Å². The summed E-state index contributed by atoms with van der Waals surface area (Å²) < 4.78 is 0. The van der Waals surface area contributed by atoms with Gasteiger partial charge in [0.15, 0.2) is 5.78 Å². The SMILES string of the molecule is CC(=O)N[C@@H](Cc1ccc(C#N)cc1)C(=O)NC(C(C)=O)C1CCCCC1. The van der Waals surface area contributed by atoms with Gasteiger partial charge in [0.2, 0.25) is 11.8 Å². The largest absolute Gasteiger partial charge is 0.344 e. The number of carbonyl (C=O) groups is 3. The van der Waals surface area contributed by atoms with Crippen molar-refractivity contribution >= 4 is 17.6 Å². The zero-order valence-electron chi connectivity index (χ0n) is 16.0. The average molecular weight is 369 g/mol. The van der Waals surface area contributed by atoms with E-state index < -0.39 is 12.1 Å². The van der Waals surface area contributed by atoms with Crippen molar-refractivity contribution in [1.29, 1.82) is 5.26 Å². The lowest BCUT2D eigenvalue weighted by molar-refractivity contribution is -0.131. The van der Waals surface area contributed by atoms with E-state index in [9.17, 15) is 14.4 Å². The summed E-state index contributed by atoms with van der Waals surface area (Å²) in [6, 6.07) is 7.68. The van der Waals surface area contributed by atoms with E-state index in [1.807, 2.05) is 0 Å². The van der Waals surface area contributed by atoms with Crippen LogP contribution >= 0.6 is 0 Å². The number of Topliss-reactive ketones (excluding diaryl/α,β-unsaturated/α-hetero) is 1. The van der Waals surface area contributed by atoms with Crippen LogP contribution in [0.25, 0.3) is 0 Å². The van der Waals surface area contributed by atoms with Gasteiger partial charge in [-0.3, -0.25) is 14.4 Å². The second-order valence-corrected chi connectivity index (χ2v) is 7.26. The minimum Gasteiger partial charge on any atom is -0.344 e. The molecule has 1 unspecified atom stereocenters. The number of hydrogen-bond acceptors (Lipinski definition) is 4. The normalized spacial score (nSPS) is 16.6. The Morgan fingerprint density at radius 1 is 1.07 bits per heavy atom. The van der Waals surface area contributed by atoms with E-state index in [0.717, 1.165) is 31.2 Å². The fourth-order valence-electron chi connectivity index (χ4n) is 3.68. The highest BCUT2D eigenvalue weighted by molar-refractivity contribution is 5.92. The average Bonchev–Trinajstić information content (AvgIpc) is 2.66. The van der Waals surface area contributed by atoms with E-state index in [-0.39, 0.29) is 23.5 Å². The monoisotopic (exact) mass is 369 g/mol. The molecule has 0 aromatic heterocycles. The molecule has 1 aliphatic rings. The second-order valence-electron chi connectivity index (χ2n) is 7.26. The predicted octanol–water partition coefficient (Wildman–Crippen LogP) is 2.26. The molecule has 1 aromatic carbocycles. The standard InChI is InChI=1S/C21H27N3O3/c1-14(25)20(18-6-4-3-5-7-18)24-21(27)19(23-15(2)26)12-16-8-10-17(13-22)11-9-16/h8-11,18-20H,3-7,12H2,1-2H3,(H,23,26)(H,24,27)/t19-,20?/m0/s1. The number of benzene rings is 1. The summed E-state index contributed by atoms with van der Waals surface area (Å²) >= 11 is 0. The van der Waals surface area contributed by atoms with Gasteiger partial charge in [-0.05, 0) is 43.4 Å². The first-order valence-corrected chi connectivity index (χ1v) is 9.47. The Labute approximate surface area is 160 Å². The van der Waals surface area contributed by atoms with Crippen molar-refractivity contribution in [2.24, 2.45) is 5.92 Å². The van der Waals surface area contributed by atoms with Crippen LogP contribution in [0, 0.1) is 17.2 Å². The molecular weight excluding hydrogens is 342 g/mol. The summed E-state index contributed by atoms with van der Waals surface area (Å²) in [7, 11) is 0. The highest BCUT2D eigenvalue weighted by atomic mass is 16.2. The summed E-state index contributed by atoms with van der Waals surface area (Å²) in [5.41, 5.74) is 1.37. The molecule has 1 aliphatic carbocycles. The molecule has 144 valence electrons. The van der Waals surface area contributed by atoms with Gasteiger partial charge in [0.25, 0.3) is 0 Å². The van der Waals surface area contributed by atoms with Crippen molar-refractivity contribution in [2.45, 2.75) is 64.5 Å². The van der Waals surface area contributed by atoms with Crippen molar-refractivity contribution in [3.05, 3.63) is 35.4 Å². The summed E-state index contributed by atoms with van der Waals surface area (Å²) in [6.45, 7) is 2.87. The second kappa shape index (κ2) is 9.86. The Hall–Kier alpha value is -2.68. The molecule has 0 radical (unpaired) electrons. The maximum Gasteiger partial charge on any atom is 0.243 e. The fraction of sp³-hybridized carbons (Fsp3) is 0.524. The lowest BCUT2D eigenvalue weighted by atomic mass is 9.82. The third kappa shape index (κ3) is 6.21. The van der Waals surface area contributed by atoms with Crippen LogP contribution in [0.15, 0.2) is 24.3 Å². The molecule has 2 amide bonds. The quantitative estimate of drug-likeness (QED) is 0.770. The minimum atomic E-state index is -0.763. The Morgan fingerprint density at radius 3 is 2.22 bits per heavy atom. The summed E-state index contributed by atoms with van der Waals surface area (Å²) in [4.78, 5) is 36.5. The predicted molar refractivity (Wildman–Crippen MR) is 102 cm³/mol. The third-order valence-electron chi connectivity index (χ3n) is 5.07. The van der Waals surface area contributed by atoms with Gasteiger partial charge in [0.1, 0.15) is 6.04 Å². The van der Waals surface area contributed by atoms with Crippen LogP contribution < -0.4 is 10.6 Å². The zero-order chi connectivity index (χ0) is 19.8. The number of amides is 2. The van der Waals surface area contributed by atoms with Gasteiger partial charge in [-0.1, -0.05) is 31.4 Å². The van der Waals surface area contributed by atoms with Crippen molar-refractivity contribution < 1.29 is 14.4 Å². The van der Waals surface area contributed by atoms with Crippen LogP contribution in [0.5, 0.6) is 0 Å². The van der Waals surface area contributed by atoms with E-state index in [1.165, 1.54) is 20.3 Å². The number of ketones is 1. The van der Waals surface area contributed by atoms with Crippen molar-refractivity contribution in [2.75, 3.05) is 0 Å². The molecule has 0 heterocycles. The van der Waals surface area contributed by atoms with Gasteiger partial charge < -0.3 is 10.6 Å². The highest BCUT2D eigenvalue weighted by Crippen LogP contribution is 2.27. The Bertz CT molecular complexity index is 715. The van der Waals surface area contributed by atoms with Gasteiger partial charge in [-0.25, -0.2) is 0 Å². The van der Waals surface area contributed by atoms with Crippen molar-refractivity contribution in [1.82, 2.24) is 10.6 Å². The Kier molecular flexibility index (Phi) is 7.54. The van der Waals surface area contributed by atoms with E-state index in [1.54, 1.807) is 24.3 Å². The highest BCUT2D eigenvalue weighted by Gasteiger charge is 2.31. The molecule has 6 heteroatoms. The number of carbonyl (C=O) groups excluding carboxylic acids is 3. The molecule has 0 saturated heterocycles. The van der Waals surface area contributed by atoms with Crippen LogP contribution in [0.2, 0.25) is 0 Å². The molecule has 27 heavy (non-hydrogen) atoms. The molecule has 2 rings (SSSR count). The molecule has 0 spiro atoms. The molecular formula is C21H27N3O3. The van der Waals surface area contributed by atoms with Gasteiger partial charge in [-0.15, -0.1) is 0 Å². The van der Waals surface area contributed by atoms with E-state index >= 15 is 0 Å². The smallest absolute Gasteiger partial charge is 0.243 e. The molecule has 2 N–H and O–H groups in total. The first-order valence-electron chi connectivity index (χ1n) is 9.47. The van der Waals surface area contributed by atoms with Crippen LogP contribution in [-0.2, 0) is 20.8 Å². The van der Waals surface area contributed by atoms with E-state index in [2.05, 4.69) is 16.7 Å². The van der Waals surface area contributed by atoms with Crippen molar-refractivity contribution in [3.8, 4) is 6.07 Å². The van der Waals surface area contributed by atoms with Gasteiger partial charge in [-0.2, -0.15) is 5.26 Å². The number of nitrogens with one attached hydrogen (secondary N) is 2. The Morgan fingerprint density at radius 2 is 1.70 bits per heavy atom. The molecule has 1 fully saturated rings. The molecule has 0 bridgehead atoms. The van der Waals surface area contributed by atoms with Crippen LogP contribution in [-0.4, -0.2) is 29.7 Å². The molecule has 6 nitrogen and oxygen atoms in total. The maximum absolute atomic E-state index is 12.8. The number of rotatable bonds is 7. The topological polar surface area (TPSA) is 99.1 Å². The van der Waals surface area contributed by atoms with E-state index in [4.69, 9.17) is 5.26 Å². The number of nitriles is 1. The zero-order valence-corrected chi connectivity index (χ0v) is 16.0.